The van der Waals surface area contributed by atoms with Gasteiger partial charge in [-0.3, -0.25) is 9.59 Å². The van der Waals surface area contributed by atoms with E-state index in [1.807, 2.05) is 58.0 Å². The molecule has 0 saturated carbocycles. The average molecular weight is 487 g/mol. The molecule has 1 saturated heterocycles. The predicted molar refractivity (Wildman–Crippen MR) is 133 cm³/mol. The zero-order valence-corrected chi connectivity index (χ0v) is 21.1. The van der Waals surface area contributed by atoms with Crippen LogP contribution in [0.25, 0.3) is 5.76 Å². The number of ether oxygens (including phenoxy) is 2. The van der Waals surface area contributed by atoms with Crippen LogP contribution in [0.15, 0.2) is 42.0 Å². The fourth-order valence-corrected chi connectivity index (χ4v) is 4.40. The molecule has 0 spiro atoms. The summed E-state index contributed by atoms with van der Waals surface area (Å²) in [7, 11) is 5.22. The molecule has 1 aliphatic heterocycles. The average Bonchev–Trinajstić information content (AvgIpc) is 3.01. The standard InChI is InChI=1S/C26H31ClN2O5/c1-15(2)34-18-9-7-8-17(14-18)22-21(24(31)26(32)29(22)11-10-28(4)5)23(30)19-12-16(3)13-20(27)25(19)33-6/h7-9,12-15,22,30H,10-11H2,1-6H3/b23-21+. The second-order valence-corrected chi connectivity index (χ2v) is 9.27. The van der Waals surface area contributed by atoms with Gasteiger partial charge in [0.25, 0.3) is 11.7 Å². The maximum atomic E-state index is 13.3. The SMILES string of the molecule is COc1c(Cl)cc(C)cc1/C(O)=C1\C(=O)C(=O)N(CCN(C)C)C1c1cccc(OC(C)C)c1. The number of carbonyl (C=O) groups excluding carboxylic acids is 2. The highest BCUT2D eigenvalue weighted by atomic mass is 35.5. The molecule has 1 N–H and O–H groups in total. The number of aryl methyl sites for hydroxylation is 1. The van der Waals surface area contributed by atoms with Crippen molar-refractivity contribution in [1.29, 1.82) is 0 Å². The van der Waals surface area contributed by atoms with Crippen molar-refractivity contribution in [3.05, 3.63) is 63.7 Å². The van der Waals surface area contributed by atoms with E-state index in [1.54, 1.807) is 18.2 Å². The van der Waals surface area contributed by atoms with Gasteiger partial charge in [0.1, 0.15) is 17.3 Å². The van der Waals surface area contributed by atoms with E-state index < -0.39 is 17.7 Å². The summed E-state index contributed by atoms with van der Waals surface area (Å²) in [5.74, 6) is -0.896. The van der Waals surface area contributed by atoms with E-state index in [0.29, 0.717) is 29.4 Å². The number of hydrogen-bond acceptors (Lipinski definition) is 6. The first-order valence-corrected chi connectivity index (χ1v) is 11.5. The zero-order chi connectivity index (χ0) is 25.2. The van der Waals surface area contributed by atoms with Crippen LogP contribution in [0.3, 0.4) is 0 Å². The van der Waals surface area contributed by atoms with Crippen molar-refractivity contribution in [2.24, 2.45) is 0 Å². The minimum absolute atomic E-state index is 0.00887. The largest absolute Gasteiger partial charge is 0.507 e. The van der Waals surface area contributed by atoms with Gasteiger partial charge in [0.05, 0.1) is 35.4 Å². The molecule has 182 valence electrons. The van der Waals surface area contributed by atoms with Crippen LogP contribution >= 0.6 is 11.6 Å². The fourth-order valence-electron chi connectivity index (χ4n) is 4.05. The van der Waals surface area contributed by atoms with E-state index in [2.05, 4.69) is 0 Å². The number of Topliss-reactive ketones (excluding diaryl/α,β-unsaturated/α-hetero) is 1. The Balaban J connectivity index is 2.24. The topological polar surface area (TPSA) is 79.3 Å². The number of nitrogens with zero attached hydrogens (tertiary/aromatic N) is 2. The Kier molecular flexibility index (Phi) is 7.89. The summed E-state index contributed by atoms with van der Waals surface area (Å²) in [6, 6.07) is 9.84. The number of methoxy groups -OCH3 is 1. The number of aliphatic hydroxyl groups excluding tert-OH is 1. The van der Waals surface area contributed by atoms with E-state index in [0.717, 1.165) is 5.56 Å². The number of halogens is 1. The molecule has 1 aliphatic rings. The van der Waals surface area contributed by atoms with E-state index in [-0.39, 0.29) is 28.7 Å². The predicted octanol–water partition coefficient (Wildman–Crippen LogP) is 4.43. The minimum atomic E-state index is -0.792. The number of amides is 1. The first kappa shape index (κ1) is 25.6. The highest BCUT2D eigenvalue weighted by Crippen LogP contribution is 2.43. The molecule has 8 heteroatoms. The third-order valence-electron chi connectivity index (χ3n) is 5.52. The molecule has 1 atom stereocenters. The Labute approximate surface area is 205 Å². The molecule has 0 bridgehead atoms. The van der Waals surface area contributed by atoms with E-state index in [9.17, 15) is 14.7 Å². The van der Waals surface area contributed by atoms with Crippen molar-refractivity contribution >= 4 is 29.1 Å². The Morgan fingerprint density at radius 3 is 2.53 bits per heavy atom. The summed E-state index contributed by atoms with van der Waals surface area (Å²) in [6.07, 6.45) is -0.0472. The van der Waals surface area contributed by atoms with E-state index >= 15 is 0 Å². The lowest BCUT2D eigenvalue weighted by molar-refractivity contribution is -0.140. The smallest absolute Gasteiger partial charge is 0.295 e. The number of rotatable bonds is 8. The third-order valence-corrected chi connectivity index (χ3v) is 5.80. The highest BCUT2D eigenvalue weighted by Gasteiger charge is 2.46. The Bertz CT molecular complexity index is 1130. The number of hydrogen-bond donors (Lipinski definition) is 1. The molecule has 1 amide bonds. The lowest BCUT2D eigenvalue weighted by Crippen LogP contribution is -2.35. The monoisotopic (exact) mass is 486 g/mol. The maximum absolute atomic E-state index is 13.3. The number of ketones is 1. The van der Waals surface area contributed by atoms with Crippen LogP contribution in [0.2, 0.25) is 5.02 Å². The van der Waals surface area contributed by atoms with E-state index in [4.69, 9.17) is 21.1 Å². The van der Waals surface area contributed by atoms with Gasteiger partial charge >= 0.3 is 0 Å². The molecular weight excluding hydrogens is 456 g/mol. The zero-order valence-electron chi connectivity index (χ0n) is 20.4. The molecule has 0 aliphatic carbocycles. The number of likely N-dealkylation sites (tertiary alicyclic amines) is 1. The second kappa shape index (κ2) is 10.5. The number of carbonyl (C=O) groups is 2. The lowest BCUT2D eigenvalue weighted by Gasteiger charge is -2.27. The van der Waals surface area contributed by atoms with Gasteiger partial charge in [-0.2, -0.15) is 0 Å². The van der Waals surface area contributed by atoms with Gasteiger partial charge in [-0.1, -0.05) is 23.7 Å². The van der Waals surface area contributed by atoms with Crippen LogP contribution in [0.5, 0.6) is 11.5 Å². The van der Waals surface area contributed by atoms with Crippen molar-refractivity contribution in [2.75, 3.05) is 34.3 Å². The molecule has 3 rings (SSSR count). The fraction of sp³-hybridized carbons (Fsp3) is 0.385. The summed E-state index contributed by atoms with van der Waals surface area (Å²) in [5.41, 5.74) is 1.69. The summed E-state index contributed by atoms with van der Waals surface area (Å²) >= 11 is 6.34. The molecule has 2 aromatic rings. The summed E-state index contributed by atoms with van der Waals surface area (Å²) < 4.78 is 11.3. The number of likely N-dealkylation sites (N-methyl/N-ethyl adjacent to an activating group) is 1. The van der Waals surface area contributed by atoms with Gasteiger partial charge in [0, 0.05) is 13.1 Å². The van der Waals surface area contributed by atoms with E-state index in [1.165, 1.54) is 12.0 Å². The highest BCUT2D eigenvalue weighted by molar-refractivity contribution is 6.46. The summed E-state index contributed by atoms with van der Waals surface area (Å²) in [5, 5.41) is 11.7. The maximum Gasteiger partial charge on any atom is 0.295 e. The van der Waals surface area contributed by atoms with Crippen molar-refractivity contribution < 1.29 is 24.2 Å². The molecule has 2 aromatic carbocycles. The molecule has 7 nitrogen and oxygen atoms in total. The number of benzene rings is 2. The summed E-state index contributed by atoms with van der Waals surface area (Å²) in [6.45, 7) is 6.51. The van der Waals surface area contributed by atoms with Gasteiger partial charge in [-0.25, -0.2) is 0 Å². The number of aliphatic hydroxyl groups is 1. The van der Waals surface area contributed by atoms with Gasteiger partial charge in [-0.15, -0.1) is 0 Å². The van der Waals surface area contributed by atoms with Gasteiger partial charge in [0.15, 0.2) is 0 Å². The molecule has 1 fully saturated rings. The van der Waals surface area contributed by atoms with Gasteiger partial charge in [-0.05, 0) is 70.3 Å². The summed E-state index contributed by atoms with van der Waals surface area (Å²) in [4.78, 5) is 29.8. The van der Waals surface area contributed by atoms with Crippen LogP contribution in [0.1, 0.15) is 36.6 Å². The molecule has 1 heterocycles. The molecule has 0 aromatic heterocycles. The van der Waals surface area contributed by atoms with Crippen LogP contribution < -0.4 is 9.47 Å². The molecule has 1 unspecified atom stereocenters. The first-order chi connectivity index (χ1) is 16.0. The Morgan fingerprint density at radius 1 is 1.21 bits per heavy atom. The first-order valence-electron chi connectivity index (χ1n) is 11.1. The Hall–Kier alpha value is -3.03. The van der Waals surface area contributed by atoms with Crippen LogP contribution in [-0.2, 0) is 9.59 Å². The molecule has 0 radical (unpaired) electrons. The second-order valence-electron chi connectivity index (χ2n) is 8.86. The van der Waals surface area contributed by atoms with Gasteiger partial charge in [0.2, 0.25) is 0 Å². The minimum Gasteiger partial charge on any atom is -0.507 e. The third kappa shape index (κ3) is 5.21. The molecular formula is C26H31ClN2O5. The molecule has 34 heavy (non-hydrogen) atoms. The van der Waals surface area contributed by atoms with Crippen LogP contribution in [0, 0.1) is 6.92 Å². The van der Waals surface area contributed by atoms with Crippen molar-refractivity contribution in [2.45, 2.75) is 32.9 Å². The van der Waals surface area contributed by atoms with Crippen molar-refractivity contribution in [3.8, 4) is 11.5 Å². The Morgan fingerprint density at radius 2 is 1.91 bits per heavy atom. The van der Waals surface area contributed by atoms with Crippen molar-refractivity contribution in [3.63, 3.8) is 0 Å². The normalized spacial score (nSPS) is 17.7. The lowest BCUT2D eigenvalue weighted by atomic mass is 9.94. The van der Waals surface area contributed by atoms with Crippen molar-refractivity contribution in [1.82, 2.24) is 9.80 Å². The van der Waals surface area contributed by atoms with Gasteiger partial charge < -0.3 is 24.4 Å². The van der Waals surface area contributed by atoms with Crippen LogP contribution in [-0.4, -0.2) is 67.0 Å². The van der Waals surface area contributed by atoms with Crippen LogP contribution in [0.4, 0.5) is 0 Å². The quantitative estimate of drug-likeness (QED) is 0.338.